The predicted octanol–water partition coefficient (Wildman–Crippen LogP) is 3.84. The number of thioether (sulfide) groups is 1. The molecule has 5 heterocycles. The number of carbonyl (C=O) groups excluding carboxylic acids is 9. The zero-order chi connectivity index (χ0) is 68.1. The van der Waals surface area contributed by atoms with Crippen molar-refractivity contribution in [1.82, 2.24) is 55.2 Å². The topological polar surface area (TPSA) is 290 Å². The maximum atomic E-state index is 14.1. The number of nitrogens with one attached hydrogen (secondary N) is 3. The first kappa shape index (κ1) is 75.3. The summed E-state index contributed by atoms with van der Waals surface area (Å²) >= 11 is 3.57. The van der Waals surface area contributed by atoms with Gasteiger partial charge in [0, 0.05) is 118 Å². The number of carbonyl (C=O) groups is 10. The zero-order valence-electron chi connectivity index (χ0n) is 53.7. The lowest BCUT2D eigenvalue weighted by molar-refractivity contribution is -0.146. The van der Waals surface area contributed by atoms with Gasteiger partial charge in [0.1, 0.15) is 25.8 Å². The summed E-state index contributed by atoms with van der Waals surface area (Å²) in [4.78, 5) is 144. The number of benzene rings is 2. The number of piperidine rings is 1. The summed E-state index contributed by atoms with van der Waals surface area (Å²) in [5, 5.41) is 17.7. The number of aryl methyl sites for hydroxylation is 1. The van der Waals surface area contributed by atoms with Crippen LogP contribution in [-0.4, -0.2) is 258 Å². The van der Waals surface area contributed by atoms with Crippen LogP contribution in [0.3, 0.4) is 0 Å². The molecular formula is C66H88F2IN11O14S. The third-order valence-electron chi connectivity index (χ3n) is 17.4. The Balaban J connectivity index is 0.866. The minimum absolute atomic E-state index is 0.00532. The van der Waals surface area contributed by atoms with Crippen molar-refractivity contribution in [2.45, 2.75) is 112 Å². The number of alkyl halides is 2. The number of aliphatic carboxylic acids is 1. The number of nitrogens with zero attached hydrogens (tertiary/aromatic N) is 8. The molecule has 0 radical (unpaired) electrons. The highest BCUT2D eigenvalue weighted by Gasteiger charge is 2.46. The molecule has 0 aliphatic carbocycles. The molecule has 4 N–H and O–H groups in total. The number of carboxylic acid groups (broad SMARTS) is 1. The number of rotatable bonds is 35. The third kappa shape index (κ3) is 25.4. The SMILES string of the molecule is C#C[C@H]1CC(F)(F)CN1C(=O)CNC(=O)c1ccnc2ccc(OCCCCC3CCN(C(=O)CN4C(=O)CC(S[C@H](CCCCCNC(=O)CCCc5ccc(I)cc5)CNC(=O)CN5CCN(COC=O)CCN(COC=O)CCN(CC(=O)O)CC5)C4=O)CC3)cc12. The summed E-state index contributed by atoms with van der Waals surface area (Å²) in [6.07, 6.45) is 14.8. The lowest BCUT2D eigenvalue weighted by atomic mass is 9.91. The van der Waals surface area contributed by atoms with Crippen LogP contribution in [0.15, 0.2) is 54.7 Å². The molecule has 29 heteroatoms. The van der Waals surface area contributed by atoms with Gasteiger partial charge < -0.3 is 45.1 Å². The molecule has 7 amide bonds. The lowest BCUT2D eigenvalue weighted by Crippen LogP contribution is -2.49. The number of halogens is 3. The average Bonchev–Trinajstić information content (AvgIpc) is 1.84. The van der Waals surface area contributed by atoms with Crippen LogP contribution in [-0.2, 0) is 59.0 Å². The van der Waals surface area contributed by atoms with Crippen molar-refractivity contribution in [2.24, 2.45) is 5.92 Å². The van der Waals surface area contributed by atoms with Crippen LogP contribution in [0.1, 0.15) is 99.4 Å². The molecule has 518 valence electrons. The van der Waals surface area contributed by atoms with Gasteiger partial charge in [0.05, 0.1) is 55.2 Å². The highest BCUT2D eigenvalue weighted by molar-refractivity contribution is 14.1. The van der Waals surface area contributed by atoms with Gasteiger partial charge in [-0.2, -0.15) is 0 Å². The van der Waals surface area contributed by atoms with Crippen LogP contribution < -0.4 is 20.7 Å². The van der Waals surface area contributed by atoms with E-state index in [0.717, 1.165) is 64.7 Å². The maximum Gasteiger partial charge on any atom is 0.317 e. The molecule has 0 spiro atoms. The Kier molecular flexibility index (Phi) is 31.1. The Labute approximate surface area is 570 Å². The van der Waals surface area contributed by atoms with Gasteiger partial charge in [0.15, 0.2) is 0 Å². The van der Waals surface area contributed by atoms with E-state index in [2.05, 4.69) is 61.6 Å². The number of terminal acetylenes is 1. The van der Waals surface area contributed by atoms with Gasteiger partial charge in [-0.25, -0.2) is 8.78 Å². The van der Waals surface area contributed by atoms with Crippen LogP contribution in [0.5, 0.6) is 5.75 Å². The fourth-order valence-corrected chi connectivity index (χ4v) is 13.8. The van der Waals surface area contributed by atoms with Crippen molar-refractivity contribution in [3.8, 4) is 18.1 Å². The Morgan fingerprint density at radius 1 is 0.779 bits per heavy atom. The predicted molar refractivity (Wildman–Crippen MR) is 357 cm³/mol. The molecule has 4 aliphatic rings. The smallest absolute Gasteiger partial charge is 0.317 e. The number of aromatic nitrogens is 1. The minimum Gasteiger partial charge on any atom is -0.494 e. The minimum atomic E-state index is -3.10. The van der Waals surface area contributed by atoms with Crippen LogP contribution >= 0.6 is 34.4 Å². The monoisotopic (exact) mass is 1460 g/mol. The fraction of sp³-hybridized carbons (Fsp3) is 0.591. The van der Waals surface area contributed by atoms with E-state index in [-0.39, 0.29) is 74.6 Å². The summed E-state index contributed by atoms with van der Waals surface area (Å²) in [6, 6.07) is 13.8. The summed E-state index contributed by atoms with van der Waals surface area (Å²) < 4.78 is 45.3. The summed E-state index contributed by atoms with van der Waals surface area (Å²) in [5.74, 6) is -3.87. The molecule has 0 saturated carbocycles. The Morgan fingerprint density at radius 2 is 1.45 bits per heavy atom. The van der Waals surface area contributed by atoms with Crippen LogP contribution in [0.2, 0.25) is 0 Å². The zero-order valence-corrected chi connectivity index (χ0v) is 56.6. The Hall–Kier alpha value is -7.11. The number of carboxylic acids is 1. The van der Waals surface area contributed by atoms with E-state index in [1.54, 1.807) is 28.0 Å². The molecule has 2 aromatic carbocycles. The van der Waals surface area contributed by atoms with Gasteiger partial charge in [-0.3, -0.25) is 77.4 Å². The first-order valence-corrected chi connectivity index (χ1v) is 34.5. The van der Waals surface area contributed by atoms with Crippen molar-refractivity contribution in [3.05, 3.63) is 69.4 Å². The second-order valence-electron chi connectivity index (χ2n) is 24.4. The van der Waals surface area contributed by atoms with Gasteiger partial charge in [-0.05, 0) is 122 Å². The van der Waals surface area contributed by atoms with E-state index in [4.69, 9.17) is 20.6 Å². The summed E-state index contributed by atoms with van der Waals surface area (Å²) in [7, 11) is 0. The van der Waals surface area contributed by atoms with Crippen LogP contribution in [0.4, 0.5) is 8.78 Å². The van der Waals surface area contributed by atoms with E-state index in [1.807, 2.05) is 26.8 Å². The van der Waals surface area contributed by atoms with Gasteiger partial charge in [-0.1, -0.05) is 37.3 Å². The van der Waals surface area contributed by atoms with Gasteiger partial charge in [-0.15, -0.1) is 18.2 Å². The number of pyridine rings is 1. The normalized spacial score (nSPS) is 19.1. The molecule has 4 fully saturated rings. The van der Waals surface area contributed by atoms with Gasteiger partial charge in [0.2, 0.25) is 35.4 Å². The number of unbranched alkanes of at least 4 members (excludes halogenated alkanes) is 3. The highest BCUT2D eigenvalue weighted by atomic mass is 127. The number of likely N-dealkylation sites (tertiary alicyclic amines) is 3. The van der Waals surface area contributed by atoms with E-state index >= 15 is 0 Å². The lowest BCUT2D eigenvalue weighted by Gasteiger charge is -2.33. The molecule has 1 unspecified atom stereocenters. The van der Waals surface area contributed by atoms with Gasteiger partial charge in [0.25, 0.3) is 24.8 Å². The van der Waals surface area contributed by atoms with Crippen molar-refractivity contribution < 1.29 is 76.0 Å². The van der Waals surface area contributed by atoms with E-state index in [0.29, 0.717) is 140 Å². The van der Waals surface area contributed by atoms with E-state index in [1.165, 1.54) is 29.6 Å². The third-order valence-corrected chi connectivity index (χ3v) is 19.6. The Morgan fingerprint density at radius 3 is 2.12 bits per heavy atom. The molecule has 7 rings (SSSR count). The second kappa shape index (κ2) is 39.2. The molecule has 4 aliphatic heterocycles. The van der Waals surface area contributed by atoms with Crippen molar-refractivity contribution in [1.29, 1.82) is 0 Å². The molecule has 25 nitrogen and oxygen atoms in total. The largest absolute Gasteiger partial charge is 0.494 e. The van der Waals surface area contributed by atoms with Crippen molar-refractivity contribution in [2.75, 3.05) is 131 Å². The first-order chi connectivity index (χ1) is 45.8. The molecule has 3 aromatic rings. The number of imide groups is 1. The molecule has 95 heavy (non-hydrogen) atoms. The fourth-order valence-electron chi connectivity index (χ4n) is 12.0. The number of ether oxygens (including phenoxy) is 3. The average molecular weight is 1460 g/mol. The molecule has 3 atom stereocenters. The number of hydrogen-bond donors (Lipinski definition) is 4. The molecule has 0 bridgehead atoms. The van der Waals surface area contributed by atoms with Crippen LogP contribution in [0, 0.1) is 21.8 Å². The summed E-state index contributed by atoms with van der Waals surface area (Å²) in [6.45, 7) is 3.60. The maximum absolute atomic E-state index is 14.1. The van der Waals surface area contributed by atoms with Crippen molar-refractivity contribution in [3.63, 3.8) is 0 Å². The molecular weight excluding hydrogens is 1370 g/mol. The number of amides is 7. The van der Waals surface area contributed by atoms with Crippen molar-refractivity contribution >= 4 is 106 Å². The molecule has 4 saturated heterocycles. The number of hydrogen-bond acceptors (Lipinski definition) is 19. The quantitative estimate of drug-likeness (QED) is 0.0214. The van der Waals surface area contributed by atoms with E-state index < -0.39 is 66.3 Å². The van der Waals surface area contributed by atoms with E-state index in [9.17, 15) is 61.8 Å². The first-order valence-electron chi connectivity index (χ1n) is 32.5. The highest BCUT2D eigenvalue weighted by Crippen LogP contribution is 2.33. The molecule has 1 aromatic heterocycles. The Bertz CT molecular complexity index is 3130. The standard InChI is InChI=1S/C66H88F2IN11O14S/c1-2-51-37-66(67,68)43-80(51)61(86)39-73-64(90)54-19-23-70-56-18-17-52(35-55(54)56)94-34-7-5-9-49-20-24-78(25-21-49)62(87)41-79-60(85)36-57(65(79)91)95-53(11-4-3-6-22-71-58(83)12-8-10-48-13-15-50(69)16-14-48)38-72-59(84)40-74-26-27-75(42-63(88)89)29-31-77(45-93-47-82)33-32-76(30-28-74)44-92-46-81/h1,13-19,23,35,46-47,49,51,53,57H,3-12,20-22,24-34,36-45H2,(H,71,83)(H,72,84)(H,73,90)(H,88,89)/t51-,53+,57?/m0/s1. The van der Waals surface area contributed by atoms with Crippen LogP contribution in [0.25, 0.3) is 10.9 Å². The number of fused-ring (bicyclic) bond motifs is 1. The second-order valence-corrected chi connectivity index (χ2v) is 27.1. The summed E-state index contributed by atoms with van der Waals surface area (Å²) in [5.41, 5.74) is 1.93. The van der Waals surface area contributed by atoms with Gasteiger partial charge >= 0.3 is 5.97 Å².